The van der Waals surface area contributed by atoms with Gasteiger partial charge in [0.05, 0.1) is 11.4 Å². The first-order valence-electron chi connectivity index (χ1n) is 25.9. The number of rotatable bonds is 8. The molecule has 2 aliphatic carbocycles. The summed E-state index contributed by atoms with van der Waals surface area (Å²) in [7, 11) is 0. The molecule has 2 fully saturated rings. The summed E-state index contributed by atoms with van der Waals surface area (Å²) in [6, 6.07) is 65.4. The lowest BCUT2D eigenvalue weighted by Gasteiger charge is -2.33. The Bertz CT molecular complexity index is 3570. The number of fused-ring (bicyclic) bond motifs is 2. The smallest absolute Gasteiger partial charge is 0.0619 e. The Balaban J connectivity index is 1.06. The minimum atomic E-state index is 1.16. The molecule has 14 rings (SSSR count). The lowest BCUT2D eigenvalue weighted by atomic mass is 9.79. The van der Waals surface area contributed by atoms with Gasteiger partial charge in [0.2, 0.25) is 0 Å². The lowest BCUT2D eigenvalue weighted by molar-refractivity contribution is 0.602. The van der Waals surface area contributed by atoms with E-state index in [0.29, 0.717) is 0 Å². The van der Waals surface area contributed by atoms with Gasteiger partial charge in [0.15, 0.2) is 0 Å². The second-order valence-corrected chi connectivity index (χ2v) is 20.6. The highest BCUT2D eigenvalue weighted by Crippen LogP contribution is 2.58. The molecule has 0 spiro atoms. The molecule has 0 amide bonds. The van der Waals surface area contributed by atoms with Crippen molar-refractivity contribution >= 4 is 122 Å². The first-order valence-corrected chi connectivity index (χ1v) is 25.9. The largest absolute Gasteiger partial charge is 0.309 e. The van der Waals surface area contributed by atoms with Crippen LogP contribution in [0.15, 0.2) is 181 Å². The Hall–Kier alpha value is -7.68. The van der Waals surface area contributed by atoms with E-state index in [-0.39, 0.29) is 0 Å². The highest BCUT2D eigenvalue weighted by molar-refractivity contribution is 6.51. The van der Waals surface area contributed by atoms with Crippen molar-refractivity contribution in [2.45, 2.75) is 78.1 Å². The van der Waals surface area contributed by atoms with E-state index in [2.05, 4.69) is 206 Å². The van der Waals surface area contributed by atoms with E-state index in [1.807, 2.05) is 0 Å². The lowest BCUT2D eigenvalue weighted by Crippen LogP contribution is -2.13. The van der Waals surface area contributed by atoms with Crippen LogP contribution in [-0.2, 0) is 0 Å². The molecule has 0 N–H and O–H groups in total. The van der Waals surface area contributed by atoms with Gasteiger partial charge in [0, 0.05) is 76.6 Å². The van der Waals surface area contributed by atoms with Gasteiger partial charge < -0.3 is 9.80 Å². The molecule has 0 aliphatic heterocycles. The van der Waals surface area contributed by atoms with Gasteiger partial charge in [-0.3, -0.25) is 0 Å². The van der Waals surface area contributed by atoms with Gasteiger partial charge in [-0.15, -0.1) is 0 Å². The molecule has 0 unspecified atom stereocenters. The van der Waals surface area contributed by atoms with E-state index >= 15 is 0 Å². The Morgan fingerprint density at radius 1 is 0.286 bits per heavy atom. The third kappa shape index (κ3) is 6.53. The van der Waals surface area contributed by atoms with Crippen molar-refractivity contribution < 1.29 is 0 Å². The zero-order valence-electron chi connectivity index (χ0n) is 40.3. The predicted molar refractivity (Wildman–Crippen MR) is 304 cm³/mol. The molecule has 0 saturated heterocycles. The molecule has 0 radical (unpaired) electrons. The highest BCUT2D eigenvalue weighted by Gasteiger charge is 2.30. The Morgan fingerprint density at radius 3 is 0.857 bits per heavy atom. The molecule has 12 aromatic carbocycles. The van der Waals surface area contributed by atoms with E-state index in [9.17, 15) is 0 Å². The number of allylic oxidation sites excluding steroid dienone is 2. The molecule has 2 aliphatic rings. The molecule has 2 heteroatoms. The van der Waals surface area contributed by atoms with Crippen molar-refractivity contribution in [3.8, 4) is 0 Å². The summed E-state index contributed by atoms with van der Waals surface area (Å²) in [5, 5.41) is 18.4. The molecule has 2 saturated carbocycles. The van der Waals surface area contributed by atoms with E-state index < -0.39 is 0 Å². The molecule has 0 atom stereocenters. The van der Waals surface area contributed by atoms with Crippen LogP contribution in [0, 0.1) is 13.8 Å². The van der Waals surface area contributed by atoms with Gasteiger partial charge in [-0.2, -0.15) is 0 Å². The van der Waals surface area contributed by atoms with Crippen molar-refractivity contribution in [1.82, 2.24) is 0 Å². The van der Waals surface area contributed by atoms with E-state index in [4.69, 9.17) is 0 Å². The highest BCUT2D eigenvalue weighted by atomic mass is 15.2. The summed E-state index contributed by atoms with van der Waals surface area (Å²) in [6.07, 6.45) is 17.7. The fourth-order valence-corrected chi connectivity index (χ4v) is 12.9. The van der Waals surface area contributed by atoms with Gasteiger partial charge in [-0.05, 0) is 146 Å². The molecule has 0 aromatic heterocycles. The maximum absolute atomic E-state index is 2.55. The van der Waals surface area contributed by atoms with Gasteiger partial charge in [-0.1, -0.05) is 169 Å². The molecule has 12 aromatic rings. The van der Waals surface area contributed by atoms with Crippen LogP contribution in [0.2, 0.25) is 0 Å². The van der Waals surface area contributed by atoms with E-state index in [1.54, 1.807) is 11.1 Å². The summed E-state index contributed by atoms with van der Waals surface area (Å²) in [6.45, 7) is 4.37. The summed E-state index contributed by atoms with van der Waals surface area (Å²) >= 11 is 0. The average Bonchev–Trinajstić information content (AvgIpc) is 3.41. The van der Waals surface area contributed by atoms with Crippen LogP contribution in [0.4, 0.5) is 34.1 Å². The van der Waals surface area contributed by atoms with Crippen molar-refractivity contribution in [1.29, 1.82) is 0 Å². The molecule has 70 heavy (non-hydrogen) atoms. The van der Waals surface area contributed by atoms with Crippen LogP contribution in [0.25, 0.3) is 87.6 Å². The number of aryl methyl sites for hydroxylation is 2. The van der Waals surface area contributed by atoms with Crippen molar-refractivity contribution in [2.24, 2.45) is 0 Å². The quantitative estimate of drug-likeness (QED) is 0.111. The number of nitrogens with zero attached hydrogens (tertiary/aromatic N) is 2. The van der Waals surface area contributed by atoms with Crippen molar-refractivity contribution in [3.63, 3.8) is 0 Å². The van der Waals surface area contributed by atoms with Crippen molar-refractivity contribution in [2.75, 3.05) is 9.80 Å². The van der Waals surface area contributed by atoms with Crippen LogP contribution in [0.3, 0.4) is 0 Å². The fourth-order valence-electron chi connectivity index (χ4n) is 12.9. The van der Waals surface area contributed by atoms with Crippen molar-refractivity contribution in [3.05, 3.63) is 203 Å². The second kappa shape index (κ2) is 16.5. The molecule has 2 nitrogen and oxygen atoms in total. The van der Waals surface area contributed by atoms with Gasteiger partial charge in [0.25, 0.3) is 0 Å². The number of benzene rings is 12. The average molecular weight is 901 g/mol. The maximum Gasteiger partial charge on any atom is 0.0619 e. The molecule has 338 valence electrons. The van der Waals surface area contributed by atoms with Crippen LogP contribution < -0.4 is 9.80 Å². The zero-order chi connectivity index (χ0) is 46.5. The number of hydrogen-bond donors (Lipinski definition) is 0. The summed E-state index contributed by atoms with van der Waals surface area (Å²) in [5.74, 6) is 0. The van der Waals surface area contributed by atoms with Crippen LogP contribution in [0.5, 0.6) is 0 Å². The maximum atomic E-state index is 2.55. The summed E-state index contributed by atoms with van der Waals surface area (Å²) < 4.78 is 0. The Morgan fingerprint density at radius 2 is 0.557 bits per heavy atom. The van der Waals surface area contributed by atoms with Gasteiger partial charge in [-0.25, -0.2) is 0 Å². The molecular formula is C68H56N2. The van der Waals surface area contributed by atoms with Crippen LogP contribution in [-0.4, -0.2) is 0 Å². The predicted octanol–water partition coefficient (Wildman–Crippen LogP) is 20.3. The minimum absolute atomic E-state index is 1.16. The monoisotopic (exact) mass is 900 g/mol. The SMILES string of the molecule is Cc1ccc(N(c2ccc(C=C3CCCCC3)cc2)c2c3cccc4c5cccc6c(N(c7ccc(C)cc7)c7ccc(C=C8CCCCC8)cc7)c7cccc8c9cccc2c9c(c34)c(c65)c78)cc1. The first-order chi connectivity index (χ1) is 34.6. The van der Waals surface area contributed by atoms with Gasteiger partial charge in [0.1, 0.15) is 0 Å². The minimum Gasteiger partial charge on any atom is -0.309 e. The number of hydrogen-bond acceptors (Lipinski definition) is 2. The molecule has 0 bridgehead atoms. The van der Waals surface area contributed by atoms with E-state index in [1.165, 1.54) is 185 Å². The topological polar surface area (TPSA) is 6.48 Å². The summed E-state index contributed by atoms with van der Waals surface area (Å²) in [4.78, 5) is 5.09. The third-order valence-electron chi connectivity index (χ3n) is 16.2. The number of anilines is 6. The second-order valence-electron chi connectivity index (χ2n) is 20.6. The summed E-state index contributed by atoms with van der Waals surface area (Å²) in [5.41, 5.74) is 15.4. The normalized spacial score (nSPS) is 14.7. The Kier molecular flexibility index (Phi) is 9.73. The third-order valence-corrected chi connectivity index (χ3v) is 16.2. The standard InChI is InChI=1S/C68H56N2/c1-43-25-33-49(34-26-43)69(51-37-29-47(30-38-51)41-45-13-5-3-6-14-45)67-57-21-9-17-53-55-19-11-23-59-63(55)66-64-56(54-18-10-22-58(67)62(54)65(66)61(53)57)20-12-24-60(64)68(59)70(50-35-27-44(2)28-36-50)52-39-31-48(32-40-52)42-46-15-7-4-8-16-46/h9-12,17-42H,3-8,13-16H2,1-2H3. The van der Waals surface area contributed by atoms with E-state index in [0.717, 1.165) is 11.4 Å². The molecular weight excluding hydrogens is 845 g/mol. The fraction of sp³-hybridized carbons (Fsp3) is 0.176. The Labute approximate surface area is 410 Å². The van der Waals surface area contributed by atoms with Gasteiger partial charge >= 0.3 is 0 Å². The van der Waals surface area contributed by atoms with Crippen LogP contribution in [0.1, 0.15) is 86.5 Å². The first kappa shape index (κ1) is 41.3. The zero-order valence-corrected chi connectivity index (χ0v) is 40.3. The van der Waals surface area contributed by atoms with Crippen LogP contribution >= 0.6 is 0 Å². The molecule has 0 heterocycles.